The van der Waals surface area contributed by atoms with Gasteiger partial charge in [-0.15, -0.1) is 0 Å². The minimum absolute atomic E-state index is 0.0336. The number of likely N-dealkylation sites (tertiary alicyclic amines) is 1. The van der Waals surface area contributed by atoms with Gasteiger partial charge in [-0.05, 0) is 43.9 Å². The van der Waals surface area contributed by atoms with Crippen LogP contribution in [0.3, 0.4) is 0 Å². The monoisotopic (exact) mass is 430 g/mol. The Labute approximate surface area is 179 Å². The Hall–Kier alpha value is -3.03. The number of carbonyl (C=O) groups excluding carboxylic acids is 2. The minimum Gasteiger partial charge on any atom is -0.507 e. The molecule has 0 spiro atoms. The lowest BCUT2D eigenvalue weighted by Gasteiger charge is -2.26. The molecular formula is C22H23ClN2O5. The summed E-state index contributed by atoms with van der Waals surface area (Å²) in [4.78, 5) is 29.1. The summed E-state index contributed by atoms with van der Waals surface area (Å²) in [6.45, 7) is 0.796. The van der Waals surface area contributed by atoms with Crippen molar-refractivity contribution in [1.29, 1.82) is 0 Å². The summed E-state index contributed by atoms with van der Waals surface area (Å²) in [6.07, 6.45) is 0. The van der Waals surface area contributed by atoms with Gasteiger partial charge in [-0.2, -0.15) is 0 Å². The first-order valence-electron chi connectivity index (χ1n) is 9.30. The summed E-state index contributed by atoms with van der Waals surface area (Å²) in [5.74, 6) is -1.38. The van der Waals surface area contributed by atoms with Gasteiger partial charge in [0.1, 0.15) is 17.3 Å². The maximum atomic E-state index is 12.9. The zero-order valence-electron chi connectivity index (χ0n) is 16.9. The number of likely N-dealkylation sites (N-methyl/N-ethyl adjacent to an activating group) is 1. The van der Waals surface area contributed by atoms with Crippen LogP contribution in [-0.2, 0) is 9.59 Å². The Morgan fingerprint density at radius 1 is 1.20 bits per heavy atom. The molecule has 0 radical (unpaired) electrons. The molecule has 1 atom stereocenters. The van der Waals surface area contributed by atoms with E-state index in [4.69, 9.17) is 16.3 Å². The van der Waals surface area contributed by atoms with Crippen LogP contribution in [0.1, 0.15) is 17.2 Å². The van der Waals surface area contributed by atoms with E-state index in [9.17, 15) is 19.8 Å². The Morgan fingerprint density at radius 2 is 1.93 bits per heavy atom. The molecule has 1 amide bonds. The summed E-state index contributed by atoms with van der Waals surface area (Å²) in [5.41, 5.74) is 0.837. The third-order valence-corrected chi connectivity index (χ3v) is 5.26. The number of hydrogen-bond donors (Lipinski definition) is 2. The predicted molar refractivity (Wildman–Crippen MR) is 114 cm³/mol. The van der Waals surface area contributed by atoms with E-state index in [1.54, 1.807) is 30.3 Å². The third-order valence-electron chi connectivity index (χ3n) is 4.96. The van der Waals surface area contributed by atoms with E-state index in [-0.39, 0.29) is 28.6 Å². The standard InChI is InChI=1S/C22H23ClN2O5/c1-24(2)9-10-25-19(13-7-8-17(26)16(23)12-13)18(21(28)22(25)29)20(27)14-5-4-6-15(11-14)30-3/h4-8,11-12,19,26-27H,9-10H2,1-3H3/b20-18-. The number of benzene rings is 2. The van der Waals surface area contributed by atoms with Crippen molar-refractivity contribution in [2.24, 2.45) is 0 Å². The van der Waals surface area contributed by atoms with Gasteiger partial charge in [0, 0.05) is 18.7 Å². The molecule has 8 heteroatoms. The average molecular weight is 431 g/mol. The van der Waals surface area contributed by atoms with Crippen molar-refractivity contribution in [2.45, 2.75) is 6.04 Å². The number of aliphatic hydroxyl groups is 1. The number of hydrogen-bond acceptors (Lipinski definition) is 6. The molecule has 2 N–H and O–H groups in total. The fraction of sp³-hybridized carbons (Fsp3) is 0.273. The molecule has 2 aromatic rings. The Bertz CT molecular complexity index is 1020. The first-order chi connectivity index (χ1) is 14.2. The summed E-state index contributed by atoms with van der Waals surface area (Å²) in [5, 5.41) is 20.9. The highest BCUT2D eigenvalue weighted by Crippen LogP contribution is 2.41. The molecule has 1 saturated heterocycles. The molecule has 2 aromatic carbocycles. The van der Waals surface area contributed by atoms with Crippen molar-refractivity contribution in [3.8, 4) is 11.5 Å². The van der Waals surface area contributed by atoms with Crippen molar-refractivity contribution < 1.29 is 24.5 Å². The first-order valence-corrected chi connectivity index (χ1v) is 9.68. The number of halogens is 1. The second-order valence-electron chi connectivity index (χ2n) is 7.24. The summed E-state index contributed by atoms with van der Waals surface area (Å²) in [6, 6.07) is 10.2. The lowest BCUT2D eigenvalue weighted by atomic mass is 9.95. The minimum atomic E-state index is -0.839. The van der Waals surface area contributed by atoms with Crippen LogP contribution < -0.4 is 4.74 Å². The summed E-state index contributed by atoms with van der Waals surface area (Å²) < 4.78 is 5.20. The van der Waals surface area contributed by atoms with Crippen LogP contribution in [0.2, 0.25) is 5.02 Å². The van der Waals surface area contributed by atoms with E-state index in [2.05, 4.69) is 0 Å². The van der Waals surface area contributed by atoms with E-state index >= 15 is 0 Å². The number of ketones is 1. The molecule has 1 heterocycles. The van der Waals surface area contributed by atoms with Crippen LogP contribution in [0.4, 0.5) is 0 Å². The molecule has 1 unspecified atom stereocenters. The third kappa shape index (κ3) is 4.13. The molecule has 30 heavy (non-hydrogen) atoms. The second kappa shape index (κ2) is 8.77. The largest absolute Gasteiger partial charge is 0.507 e. The van der Waals surface area contributed by atoms with Gasteiger partial charge in [-0.25, -0.2) is 0 Å². The maximum absolute atomic E-state index is 12.9. The van der Waals surface area contributed by atoms with Crippen molar-refractivity contribution >= 4 is 29.1 Å². The summed E-state index contributed by atoms with van der Waals surface area (Å²) >= 11 is 6.08. The number of nitrogens with zero attached hydrogens (tertiary/aromatic N) is 2. The number of aliphatic hydroxyl groups excluding tert-OH is 1. The number of carbonyl (C=O) groups is 2. The smallest absolute Gasteiger partial charge is 0.295 e. The van der Waals surface area contributed by atoms with Crippen LogP contribution in [0.5, 0.6) is 11.5 Å². The average Bonchev–Trinajstić information content (AvgIpc) is 2.98. The number of ether oxygens (including phenoxy) is 1. The van der Waals surface area contributed by atoms with Crippen LogP contribution in [-0.4, -0.2) is 66.0 Å². The van der Waals surface area contributed by atoms with Gasteiger partial charge < -0.3 is 24.7 Å². The number of Topliss-reactive ketones (excluding diaryl/α,β-unsaturated/α-hetero) is 1. The zero-order chi connectivity index (χ0) is 22.0. The normalized spacial score (nSPS) is 18.3. The predicted octanol–water partition coefficient (Wildman–Crippen LogP) is 3.04. The molecule has 3 rings (SSSR count). The van der Waals surface area contributed by atoms with Crippen LogP contribution >= 0.6 is 11.6 Å². The van der Waals surface area contributed by atoms with Crippen molar-refractivity contribution in [3.63, 3.8) is 0 Å². The molecule has 1 fully saturated rings. The number of rotatable bonds is 6. The van der Waals surface area contributed by atoms with Gasteiger partial charge in [-0.3, -0.25) is 9.59 Å². The highest BCUT2D eigenvalue weighted by molar-refractivity contribution is 6.46. The number of phenols is 1. The molecule has 7 nitrogen and oxygen atoms in total. The molecule has 0 bridgehead atoms. The van der Waals surface area contributed by atoms with Crippen LogP contribution in [0, 0.1) is 0 Å². The van der Waals surface area contributed by atoms with E-state index in [1.165, 1.54) is 24.1 Å². The van der Waals surface area contributed by atoms with Gasteiger partial charge in [0.15, 0.2) is 0 Å². The Balaban J connectivity index is 2.17. The number of methoxy groups -OCH3 is 1. The van der Waals surface area contributed by atoms with Crippen molar-refractivity contribution in [3.05, 3.63) is 64.2 Å². The van der Waals surface area contributed by atoms with E-state index in [0.29, 0.717) is 23.4 Å². The molecular weight excluding hydrogens is 408 g/mol. The number of aromatic hydroxyl groups is 1. The fourth-order valence-corrected chi connectivity index (χ4v) is 3.57. The molecule has 0 saturated carbocycles. The quantitative estimate of drug-likeness (QED) is 0.416. The topological polar surface area (TPSA) is 90.3 Å². The fourth-order valence-electron chi connectivity index (χ4n) is 3.38. The Kier molecular flexibility index (Phi) is 6.34. The molecule has 1 aliphatic rings. The van der Waals surface area contributed by atoms with E-state index < -0.39 is 17.7 Å². The van der Waals surface area contributed by atoms with Crippen molar-refractivity contribution in [2.75, 3.05) is 34.3 Å². The van der Waals surface area contributed by atoms with Crippen LogP contribution in [0.25, 0.3) is 5.76 Å². The highest BCUT2D eigenvalue weighted by atomic mass is 35.5. The zero-order valence-corrected chi connectivity index (χ0v) is 17.7. The second-order valence-corrected chi connectivity index (χ2v) is 7.65. The SMILES string of the molecule is COc1cccc(/C(O)=C2/C(=O)C(=O)N(CCN(C)C)C2c2ccc(O)c(Cl)c2)c1. The van der Waals surface area contributed by atoms with E-state index in [1.807, 2.05) is 19.0 Å². The Morgan fingerprint density at radius 3 is 2.57 bits per heavy atom. The van der Waals surface area contributed by atoms with Gasteiger partial charge in [-0.1, -0.05) is 29.8 Å². The molecule has 0 aromatic heterocycles. The van der Waals surface area contributed by atoms with Crippen LogP contribution in [0.15, 0.2) is 48.0 Å². The highest BCUT2D eigenvalue weighted by Gasteiger charge is 2.46. The molecule has 1 aliphatic heterocycles. The number of amides is 1. The van der Waals surface area contributed by atoms with Gasteiger partial charge in [0.2, 0.25) is 0 Å². The first kappa shape index (κ1) is 21.7. The van der Waals surface area contributed by atoms with Gasteiger partial charge in [0.05, 0.1) is 23.7 Å². The van der Waals surface area contributed by atoms with E-state index in [0.717, 1.165) is 0 Å². The summed E-state index contributed by atoms with van der Waals surface area (Å²) in [7, 11) is 5.22. The lowest BCUT2D eigenvalue weighted by Crippen LogP contribution is -2.35. The van der Waals surface area contributed by atoms with Crippen molar-refractivity contribution in [1.82, 2.24) is 9.80 Å². The van der Waals surface area contributed by atoms with Gasteiger partial charge >= 0.3 is 0 Å². The molecule has 158 valence electrons. The lowest BCUT2D eigenvalue weighted by molar-refractivity contribution is -0.140. The molecule has 0 aliphatic carbocycles. The van der Waals surface area contributed by atoms with Gasteiger partial charge in [0.25, 0.3) is 11.7 Å². The maximum Gasteiger partial charge on any atom is 0.295 e. The number of phenolic OH excluding ortho intramolecular Hbond substituents is 1.